The molecule has 158 valence electrons. The number of nitrogens with zero attached hydrogens (tertiary/aromatic N) is 5. The van der Waals surface area contributed by atoms with Crippen molar-refractivity contribution in [3.8, 4) is 5.69 Å². The zero-order chi connectivity index (χ0) is 21.7. The van der Waals surface area contributed by atoms with Gasteiger partial charge in [-0.05, 0) is 55.7 Å². The smallest absolute Gasteiger partial charge is 0.264 e. The maximum atomic E-state index is 11.1. The molecule has 9 heteroatoms. The number of aromatic nitrogens is 2. The molecule has 0 atom stereocenters. The first-order chi connectivity index (χ1) is 14.2. The second-order valence-corrected chi connectivity index (χ2v) is 8.75. The van der Waals surface area contributed by atoms with E-state index in [4.69, 9.17) is 4.55 Å². The van der Waals surface area contributed by atoms with E-state index < -0.39 is 10.1 Å². The summed E-state index contributed by atoms with van der Waals surface area (Å²) in [5.74, 6) is -0.321. The molecular weight excluding hydrogens is 402 g/mol. The van der Waals surface area contributed by atoms with Crippen LogP contribution in [0.15, 0.2) is 70.3 Å². The van der Waals surface area contributed by atoms with Crippen LogP contribution in [0.1, 0.15) is 23.1 Å². The van der Waals surface area contributed by atoms with Crippen LogP contribution in [0.2, 0.25) is 0 Å². The fourth-order valence-corrected chi connectivity index (χ4v) is 3.95. The van der Waals surface area contributed by atoms with Crippen molar-refractivity contribution >= 4 is 15.8 Å². The molecule has 0 unspecified atom stereocenters. The Labute approximate surface area is 176 Å². The Balaban J connectivity index is 2.05. The predicted octanol–water partition coefficient (Wildman–Crippen LogP) is 4.08. The van der Waals surface area contributed by atoms with Crippen LogP contribution in [-0.4, -0.2) is 27.9 Å². The van der Waals surface area contributed by atoms with Crippen LogP contribution in [0.4, 0.5) is 5.69 Å². The molecule has 3 rings (SSSR count). The molecule has 8 nitrogen and oxygen atoms in total. The fraction of sp³-hybridized carbons (Fsp3) is 0.286. The monoisotopic (exact) mass is 427 g/mol. The van der Waals surface area contributed by atoms with E-state index >= 15 is 0 Å². The summed E-state index contributed by atoms with van der Waals surface area (Å²) in [7, 11) is -4.02. The van der Waals surface area contributed by atoms with Crippen LogP contribution in [0.25, 0.3) is 5.69 Å². The van der Waals surface area contributed by atoms with Gasteiger partial charge in [0.1, 0.15) is 0 Å². The summed E-state index contributed by atoms with van der Waals surface area (Å²) >= 11 is 0. The van der Waals surface area contributed by atoms with Gasteiger partial charge in [-0.2, -0.15) is 8.42 Å². The molecule has 0 radical (unpaired) electrons. The molecular formula is C21H25N5O3S. The van der Waals surface area contributed by atoms with Gasteiger partial charge in [-0.3, -0.25) is 9.12 Å². The van der Waals surface area contributed by atoms with Gasteiger partial charge in [-0.15, -0.1) is 5.11 Å². The first-order valence-electron chi connectivity index (χ1n) is 9.55. The maximum Gasteiger partial charge on any atom is 0.264 e. The molecule has 0 saturated heterocycles. The number of hydrogen-bond donors (Lipinski definition) is 1. The first-order valence-corrected chi connectivity index (χ1v) is 11.2. The molecule has 30 heavy (non-hydrogen) atoms. The van der Waals surface area contributed by atoms with E-state index in [2.05, 4.69) is 27.6 Å². The average Bonchev–Trinajstić information content (AvgIpc) is 3.03. The molecule has 2 aromatic carbocycles. The minimum absolute atomic E-state index is 0.248. The highest BCUT2D eigenvalue weighted by Gasteiger charge is 2.11. The standard InChI is InChI=1S/C21H25N5O3S/c1-16-14-17(2)20(18(3)15-16)26-12-11-25(10-7-13-30(27,28)29)21(26)23-24-22-19-8-5-4-6-9-19/h4-6,8-9,11-12,14-15H,7,10,13H2,1-3H3,(H,27,28,29)/b23-21+,24-22?. The molecule has 1 N–H and O–H groups in total. The molecule has 1 aromatic heterocycles. The van der Waals surface area contributed by atoms with Crippen molar-refractivity contribution in [2.45, 2.75) is 33.7 Å². The summed E-state index contributed by atoms with van der Waals surface area (Å²) in [6, 6.07) is 13.5. The molecule has 0 amide bonds. The molecule has 0 spiro atoms. The summed E-state index contributed by atoms with van der Waals surface area (Å²) in [6.45, 7) is 6.48. The summed E-state index contributed by atoms with van der Waals surface area (Å²) in [5, 5.41) is 12.5. The molecule has 0 aliphatic carbocycles. The molecule has 0 bridgehead atoms. The molecule has 1 heterocycles. The molecule has 0 fully saturated rings. The van der Waals surface area contributed by atoms with Crippen LogP contribution < -0.4 is 5.62 Å². The quantitative estimate of drug-likeness (QED) is 0.349. The fourth-order valence-electron chi connectivity index (χ4n) is 3.45. The molecule has 0 aliphatic heterocycles. The Bertz CT molecular complexity index is 1200. The number of imidazole rings is 1. The van der Waals surface area contributed by atoms with E-state index in [0.717, 1.165) is 16.8 Å². The normalized spacial score (nSPS) is 12.7. The lowest BCUT2D eigenvalue weighted by Gasteiger charge is -2.12. The summed E-state index contributed by atoms with van der Waals surface area (Å²) in [5.41, 5.74) is 5.53. The van der Waals surface area contributed by atoms with Crippen molar-refractivity contribution in [2.24, 2.45) is 15.4 Å². The van der Waals surface area contributed by atoms with E-state index in [-0.39, 0.29) is 12.2 Å². The zero-order valence-corrected chi connectivity index (χ0v) is 18.0. The van der Waals surface area contributed by atoms with E-state index in [0.29, 0.717) is 17.9 Å². The van der Waals surface area contributed by atoms with Gasteiger partial charge in [0, 0.05) is 18.9 Å². The highest BCUT2D eigenvalue weighted by atomic mass is 32.2. The van der Waals surface area contributed by atoms with Gasteiger partial charge in [0.05, 0.1) is 17.1 Å². The van der Waals surface area contributed by atoms with Crippen molar-refractivity contribution in [3.05, 3.63) is 77.2 Å². The lowest BCUT2D eigenvalue weighted by molar-refractivity contribution is 0.477. The lowest BCUT2D eigenvalue weighted by atomic mass is 10.1. The average molecular weight is 428 g/mol. The van der Waals surface area contributed by atoms with Gasteiger partial charge in [0.15, 0.2) is 0 Å². The summed E-state index contributed by atoms with van der Waals surface area (Å²) < 4.78 is 34.9. The number of aryl methyl sites for hydroxylation is 4. The largest absolute Gasteiger partial charge is 0.315 e. The zero-order valence-electron chi connectivity index (χ0n) is 17.2. The van der Waals surface area contributed by atoms with E-state index in [9.17, 15) is 8.42 Å². The third kappa shape index (κ3) is 5.52. The van der Waals surface area contributed by atoms with Crippen molar-refractivity contribution in [3.63, 3.8) is 0 Å². The van der Waals surface area contributed by atoms with E-state index in [1.54, 1.807) is 4.57 Å². The SMILES string of the molecule is Cc1cc(C)c(-n2ccn(CCCS(=O)(=O)O)/c2=N\N=Nc2ccccc2)c(C)c1. The van der Waals surface area contributed by atoms with E-state index in [1.165, 1.54) is 5.56 Å². The maximum absolute atomic E-state index is 11.1. The number of hydrogen-bond acceptors (Lipinski definition) is 4. The van der Waals surface area contributed by atoms with Gasteiger partial charge >= 0.3 is 0 Å². The summed E-state index contributed by atoms with van der Waals surface area (Å²) in [6.07, 6.45) is 3.94. The Morgan fingerprint density at radius 2 is 1.67 bits per heavy atom. The van der Waals surface area contributed by atoms with Crippen LogP contribution >= 0.6 is 0 Å². The highest BCUT2D eigenvalue weighted by molar-refractivity contribution is 7.85. The number of benzene rings is 2. The Morgan fingerprint density at radius 3 is 2.30 bits per heavy atom. The van der Waals surface area contributed by atoms with Crippen LogP contribution in [0.5, 0.6) is 0 Å². The van der Waals surface area contributed by atoms with Crippen LogP contribution in [-0.2, 0) is 16.7 Å². The van der Waals surface area contributed by atoms with Gasteiger partial charge in [-0.25, -0.2) is 0 Å². The second kappa shape index (κ2) is 9.19. The predicted molar refractivity (Wildman–Crippen MR) is 116 cm³/mol. The molecule has 3 aromatic rings. The number of rotatable bonds is 7. The van der Waals surface area contributed by atoms with Crippen molar-refractivity contribution in [2.75, 3.05) is 5.75 Å². The molecule has 0 aliphatic rings. The van der Waals surface area contributed by atoms with E-state index in [1.807, 2.05) is 68.1 Å². The Hall–Kier alpha value is -3.04. The van der Waals surface area contributed by atoms with Crippen molar-refractivity contribution in [1.82, 2.24) is 9.13 Å². The van der Waals surface area contributed by atoms with Gasteiger partial charge in [0.2, 0.25) is 5.62 Å². The van der Waals surface area contributed by atoms with Gasteiger partial charge in [-0.1, -0.05) is 41.0 Å². The van der Waals surface area contributed by atoms with Crippen molar-refractivity contribution in [1.29, 1.82) is 0 Å². The lowest BCUT2D eigenvalue weighted by Crippen LogP contribution is -2.26. The molecule has 0 saturated carbocycles. The van der Waals surface area contributed by atoms with Crippen LogP contribution in [0.3, 0.4) is 0 Å². The third-order valence-electron chi connectivity index (χ3n) is 4.60. The van der Waals surface area contributed by atoms with Gasteiger partial charge in [0.25, 0.3) is 10.1 Å². The van der Waals surface area contributed by atoms with Gasteiger partial charge < -0.3 is 4.57 Å². The summed E-state index contributed by atoms with van der Waals surface area (Å²) in [4.78, 5) is 0. The minimum Gasteiger partial charge on any atom is -0.315 e. The second-order valence-electron chi connectivity index (χ2n) is 7.17. The van der Waals surface area contributed by atoms with Crippen LogP contribution in [0, 0.1) is 20.8 Å². The van der Waals surface area contributed by atoms with Crippen molar-refractivity contribution < 1.29 is 13.0 Å². The minimum atomic E-state index is -4.02. The Morgan fingerprint density at radius 1 is 1.00 bits per heavy atom. The highest BCUT2D eigenvalue weighted by Crippen LogP contribution is 2.20. The Kier molecular flexibility index (Phi) is 6.63. The first kappa shape index (κ1) is 21.7. The third-order valence-corrected chi connectivity index (χ3v) is 5.40. The topological polar surface area (TPSA) is 101 Å².